The Hall–Kier alpha value is -3.30. The minimum absolute atomic E-state index is 0.0503. The number of aromatic nitrogens is 2. The number of alkyl halides is 2. The molecule has 1 unspecified atom stereocenters. The Morgan fingerprint density at radius 3 is 2.66 bits per heavy atom. The normalized spacial score (nSPS) is 20.4. The summed E-state index contributed by atoms with van der Waals surface area (Å²) in [5.74, 6) is -1.06. The van der Waals surface area contributed by atoms with Crippen LogP contribution in [-0.4, -0.2) is 57.7 Å². The maximum Gasteiger partial charge on any atom is 0.387 e. The van der Waals surface area contributed by atoms with Gasteiger partial charge in [0.2, 0.25) is 5.91 Å². The number of benzene rings is 1. The van der Waals surface area contributed by atoms with Crippen LogP contribution in [0, 0.1) is 5.92 Å². The number of carboxylic acid groups (broad SMARTS) is 1. The molecule has 2 atom stereocenters. The minimum atomic E-state index is -2.97. The summed E-state index contributed by atoms with van der Waals surface area (Å²) in [6.45, 7) is -0.969. The molecule has 1 aliphatic heterocycles. The van der Waals surface area contributed by atoms with Gasteiger partial charge in [-0.05, 0) is 43.4 Å². The van der Waals surface area contributed by atoms with Crippen LogP contribution >= 0.6 is 0 Å². The standard InChI is InChI=1S/C22H23F2N3O5/c1-12(28)27-10-15(6-18(27)21(29)30)17-9-25-8-16(26-17)14-4-5-19(32-22(23)24)20(7-14)31-11-13-2-3-13/h4-5,7-9,13,15,18,22H,2-3,6,10-11H2,1H3,(H,29,30)/t15?,18-/m1/s1. The Kier molecular flexibility index (Phi) is 6.20. The third-order valence-electron chi connectivity index (χ3n) is 5.69. The molecule has 170 valence electrons. The predicted octanol–water partition coefficient (Wildman–Crippen LogP) is 3.32. The molecule has 32 heavy (non-hydrogen) atoms. The van der Waals surface area contributed by atoms with Crippen LogP contribution in [0.4, 0.5) is 8.78 Å². The highest BCUT2D eigenvalue weighted by Crippen LogP contribution is 2.37. The van der Waals surface area contributed by atoms with E-state index in [-0.39, 0.29) is 36.3 Å². The fraction of sp³-hybridized carbons (Fsp3) is 0.455. The van der Waals surface area contributed by atoms with E-state index < -0.39 is 18.6 Å². The molecule has 1 aliphatic carbocycles. The molecule has 1 saturated carbocycles. The fourth-order valence-corrected chi connectivity index (χ4v) is 3.81. The molecule has 10 heteroatoms. The molecular formula is C22H23F2N3O5. The summed E-state index contributed by atoms with van der Waals surface area (Å²) in [5, 5.41) is 9.43. The lowest BCUT2D eigenvalue weighted by Gasteiger charge is -2.19. The first kappa shape index (κ1) is 21.9. The second kappa shape index (κ2) is 9.05. The van der Waals surface area contributed by atoms with Crippen LogP contribution < -0.4 is 9.47 Å². The molecule has 2 fully saturated rings. The lowest BCUT2D eigenvalue weighted by Crippen LogP contribution is -2.39. The molecule has 2 heterocycles. The minimum Gasteiger partial charge on any atom is -0.489 e. The third-order valence-corrected chi connectivity index (χ3v) is 5.69. The van der Waals surface area contributed by atoms with Crippen molar-refractivity contribution in [3.63, 3.8) is 0 Å². The van der Waals surface area contributed by atoms with Crippen molar-refractivity contribution in [1.29, 1.82) is 0 Å². The first-order chi connectivity index (χ1) is 15.3. The molecule has 8 nitrogen and oxygen atoms in total. The van der Waals surface area contributed by atoms with Gasteiger partial charge in [-0.15, -0.1) is 0 Å². The molecule has 0 bridgehead atoms. The van der Waals surface area contributed by atoms with E-state index in [4.69, 9.17) is 4.74 Å². The van der Waals surface area contributed by atoms with Crippen LogP contribution in [0.1, 0.15) is 37.8 Å². The maximum absolute atomic E-state index is 12.8. The van der Waals surface area contributed by atoms with Crippen LogP contribution in [0.2, 0.25) is 0 Å². The zero-order chi connectivity index (χ0) is 22.8. The Balaban J connectivity index is 1.59. The van der Waals surface area contributed by atoms with Crippen molar-refractivity contribution in [1.82, 2.24) is 14.9 Å². The van der Waals surface area contributed by atoms with Gasteiger partial charge in [0.1, 0.15) is 6.04 Å². The van der Waals surface area contributed by atoms with Gasteiger partial charge in [-0.2, -0.15) is 8.78 Å². The number of rotatable bonds is 8. The Morgan fingerprint density at radius 1 is 1.25 bits per heavy atom. The molecule has 1 saturated heterocycles. The largest absolute Gasteiger partial charge is 0.489 e. The Bertz CT molecular complexity index is 993. The molecule has 1 aromatic carbocycles. The van der Waals surface area contributed by atoms with Gasteiger partial charge in [-0.25, -0.2) is 9.78 Å². The van der Waals surface area contributed by atoms with Crippen molar-refractivity contribution in [3.05, 3.63) is 36.3 Å². The number of halogens is 2. The van der Waals surface area contributed by atoms with Gasteiger partial charge in [0, 0.05) is 31.1 Å². The molecular weight excluding hydrogens is 424 g/mol. The first-order valence-corrected chi connectivity index (χ1v) is 10.4. The summed E-state index contributed by atoms with van der Waals surface area (Å²) in [7, 11) is 0. The topological polar surface area (TPSA) is 102 Å². The van der Waals surface area contributed by atoms with Crippen LogP contribution in [0.3, 0.4) is 0 Å². The molecule has 2 aliphatic rings. The number of likely N-dealkylation sites (tertiary alicyclic amines) is 1. The molecule has 1 amide bonds. The Morgan fingerprint density at radius 2 is 2.03 bits per heavy atom. The second-order valence-electron chi connectivity index (χ2n) is 8.08. The van der Waals surface area contributed by atoms with Crippen molar-refractivity contribution in [2.24, 2.45) is 5.92 Å². The summed E-state index contributed by atoms with van der Waals surface area (Å²) in [4.78, 5) is 33.5. The van der Waals surface area contributed by atoms with E-state index in [1.807, 2.05) is 0 Å². The average Bonchev–Trinajstić information content (AvgIpc) is 3.47. The first-order valence-electron chi connectivity index (χ1n) is 10.4. The second-order valence-corrected chi connectivity index (χ2v) is 8.08. The van der Waals surface area contributed by atoms with Gasteiger partial charge in [-0.3, -0.25) is 9.78 Å². The highest BCUT2D eigenvalue weighted by molar-refractivity contribution is 5.83. The fourth-order valence-electron chi connectivity index (χ4n) is 3.81. The lowest BCUT2D eigenvalue weighted by atomic mass is 10.0. The number of nitrogens with zero attached hydrogens (tertiary/aromatic N) is 3. The predicted molar refractivity (Wildman–Crippen MR) is 108 cm³/mol. The lowest BCUT2D eigenvalue weighted by molar-refractivity contribution is -0.147. The average molecular weight is 447 g/mol. The van der Waals surface area contributed by atoms with Gasteiger partial charge in [0.15, 0.2) is 11.5 Å². The molecule has 0 radical (unpaired) electrons. The van der Waals surface area contributed by atoms with Gasteiger partial charge >= 0.3 is 12.6 Å². The number of amides is 1. The summed E-state index contributed by atoms with van der Waals surface area (Å²) >= 11 is 0. The zero-order valence-electron chi connectivity index (χ0n) is 17.4. The van der Waals surface area contributed by atoms with E-state index in [1.54, 1.807) is 18.3 Å². The van der Waals surface area contributed by atoms with Gasteiger partial charge in [-0.1, -0.05) is 0 Å². The summed E-state index contributed by atoms with van der Waals surface area (Å²) in [6.07, 6.45) is 5.42. The number of carbonyl (C=O) groups is 2. The number of carbonyl (C=O) groups excluding carboxylic acids is 1. The van der Waals surface area contributed by atoms with Gasteiger partial charge < -0.3 is 19.5 Å². The number of hydrogen-bond acceptors (Lipinski definition) is 6. The quantitative estimate of drug-likeness (QED) is 0.662. The number of carboxylic acids is 1. The van der Waals surface area contributed by atoms with Crippen LogP contribution in [0.25, 0.3) is 11.3 Å². The van der Waals surface area contributed by atoms with E-state index in [0.29, 0.717) is 29.5 Å². The Labute approximate surface area is 183 Å². The van der Waals surface area contributed by atoms with E-state index in [1.165, 1.54) is 24.1 Å². The van der Waals surface area contributed by atoms with Crippen molar-refractivity contribution in [2.45, 2.75) is 44.8 Å². The third kappa shape index (κ3) is 4.95. The number of aliphatic carboxylic acids is 1. The van der Waals surface area contributed by atoms with Gasteiger partial charge in [0.05, 0.1) is 24.2 Å². The smallest absolute Gasteiger partial charge is 0.387 e. The number of ether oxygens (including phenoxy) is 2. The highest BCUT2D eigenvalue weighted by atomic mass is 19.3. The summed E-state index contributed by atoms with van der Waals surface area (Å²) in [5.41, 5.74) is 1.64. The van der Waals surface area contributed by atoms with E-state index in [2.05, 4.69) is 14.7 Å². The monoisotopic (exact) mass is 447 g/mol. The van der Waals surface area contributed by atoms with Crippen LogP contribution in [0.5, 0.6) is 11.5 Å². The molecule has 0 spiro atoms. The molecule has 2 aromatic rings. The molecule has 4 rings (SSSR count). The number of hydrogen-bond donors (Lipinski definition) is 1. The van der Waals surface area contributed by atoms with Crippen molar-refractivity contribution in [3.8, 4) is 22.8 Å². The SMILES string of the molecule is CC(=O)N1CC(c2cncc(-c3ccc(OC(F)F)c(OCC4CC4)c3)n2)C[C@@H]1C(=O)O. The van der Waals surface area contributed by atoms with Crippen LogP contribution in [-0.2, 0) is 9.59 Å². The molecule has 1 aromatic heterocycles. The van der Waals surface area contributed by atoms with Crippen molar-refractivity contribution >= 4 is 11.9 Å². The zero-order valence-corrected chi connectivity index (χ0v) is 17.4. The van der Waals surface area contributed by atoms with Crippen molar-refractivity contribution in [2.75, 3.05) is 13.2 Å². The van der Waals surface area contributed by atoms with Crippen molar-refractivity contribution < 1.29 is 33.0 Å². The van der Waals surface area contributed by atoms with Crippen LogP contribution in [0.15, 0.2) is 30.6 Å². The highest BCUT2D eigenvalue weighted by Gasteiger charge is 2.39. The van der Waals surface area contributed by atoms with E-state index in [0.717, 1.165) is 12.8 Å². The van der Waals surface area contributed by atoms with E-state index in [9.17, 15) is 23.5 Å². The van der Waals surface area contributed by atoms with Gasteiger partial charge in [0.25, 0.3) is 0 Å². The van der Waals surface area contributed by atoms with E-state index >= 15 is 0 Å². The maximum atomic E-state index is 12.8. The summed E-state index contributed by atoms with van der Waals surface area (Å²) < 4.78 is 35.8. The summed E-state index contributed by atoms with van der Waals surface area (Å²) in [6, 6.07) is 3.68. The molecule has 1 N–H and O–H groups in total.